The summed E-state index contributed by atoms with van der Waals surface area (Å²) in [6.45, 7) is 10.6. The van der Waals surface area contributed by atoms with Crippen molar-refractivity contribution in [3.05, 3.63) is 69.8 Å². The fraction of sp³-hybridized carbons (Fsp3) is 0.467. The molecule has 5 rings (SSSR count). The number of amides is 2. The first-order valence-electron chi connectivity index (χ1n) is 13.1. The molecule has 3 aliphatic heterocycles. The number of carbonyl (C=O) groups excluding carboxylic acids is 3. The number of piperidine rings is 2. The van der Waals surface area contributed by atoms with Crippen molar-refractivity contribution < 1.29 is 37.7 Å². The molecule has 40 heavy (non-hydrogen) atoms. The molecule has 0 saturated carbocycles. The normalized spacial score (nSPS) is 18.7. The maximum Gasteiger partial charge on any atom is 0.253 e. The number of halogens is 2. The Hall–Kier alpha value is -1.46. The predicted octanol–water partition coefficient (Wildman–Crippen LogP) is 6.08. The van der Waals surface area contributed by atoms with Crippen LogP contribution in [0, 0.1) is 39.0 Å². The number of nitriles is 1. The largest absolute Gasteiger partial charge is 0.350 e. The van der Waals surface area contributed by atoms with Gasteiger partial charge in [0.25, 0.3) is 11.8 Å². The minimum atomic E-state index is -0.263. The van der Waals surface area contributed by atoms with Gasteiger partial charge in [-0.25, -0.2) is 0 Å². The van der Waals surface area contributed by atoms with Crippen LogP contribution < -0.4 is 0 Å². The van der Waals surface area contributed by atoms with E-state index >= 15 is 0 Å². The number of aryl methyl sites for hydroxylation is 4. The number of Topliss-reactive ketones (excluding diaryl/α,β-unsaturated/α-hetero) is 1. The molecule has 0 bridgehead atoms. The quantitative estimate of drug-likeness (QED) is 0.271. The third kappa shape index (κ3) is 8.54. The Morgan fingerprint density at radius 2 is 1.25 bits per heavy atom. The second-order valence-corrected chi connectivity index (χ2v) is 10.4. The molecule has 3 aliphatic rings. The van der Waals surface area contributed by atoms with Crippen molar-refractivity contribution in [3.63, 3.8) is 0 Å². The van der Waals surface area contributed by atoms with E-state index < -0.39 is 0 Å². The molecule has 1 radical (unpaired) electrons. The van der Waals surface area contributed by atoms with Crippen LogP contribution in [0.4, 0.5) is 0 Å². The van der Waals surface area contributed by atoms with Gasteiger partial charge in [0.2, 0.25) is 0 Å². The van der Waals surface area contributed by atoms with Gasteiger partial charge in [-0.3, -0.25) is 14.4 Å². The van der Waals surface area contributed by atoms with Crippen molar-refractivity contribution in [1.82, 2.24) is 9.80 Å². The molecule has 0 N–H and O–H groups in total. The number of rotatable bonds is 2. The first-order valence-corrected chi connectivity index (χ1v) is 19.4. The molecule has 1 unspecified atom stereocenters. The number of benzene rings is 2. The third-order valence-electron chi connectivity index (χ3n) is 7.90. The van der Waals surface area contributed by atoms with Crippen LogP contribution in [0.1, 0.15) is 68.7 Å². The Balaban J connectivity index is 0.000000261. The van der Waals surface area contributed by atoms with Crippen LogP contribution in [0.2, 0.25) is 0 Å². The SMILES string of the molecule is Cc1ccc(C(=O)N2CCC(=O)CC2)cc1C.Cc1ccc(C(=O)N2CCC3(CC2)OC3C#N)cc1C.II.[V]. The van der Waals surface area contributed by atoms with Crippen molar-refractivity contribution in [2.24, 2.45) is 0 Å². The van der Waals surface area contributed by atoms with Gasteiger partial charge in [0.05, 0.1) is 6.07 Å². The van der Waals surface area contributed by atoms with Crippen LogP contribution in [0.5, 0.6) is 0 Å². The average Bonchev–Trinajstić information content (AvgIpc) is 3.65. The predicted molar refractivity (Wildman–Crippen MR) is 168 cm³/mol. The van der Waals surface area contributed by atoms with Crippen LogP contribution >= 0.6 is 37.2 Å². The Bertz CT molecular complexity index is 1260. The zero-order valence-corrected chi connectivity index (χ0v) is 29.1. The monoisotopic (exact) mass is 806 g/mol. The smallest absolute Gasteiger partial charge is 0.253 e. The number of ketones is 1. The first kappa shape index (κ1) is 34.7. The molecule has 0 aliphatic carbocycles. The Kier molecular flexibility index (Phi) is 13.6. The summed E-state index contributed by atoms with van der Waals surface area (Å²) in [5.41, 5.74) is 5.87. The van der Waals surface area contributed by atoms with Crippen LogP contribution in [-0.2, 0) is 28.1 Å². The van der Waals surface area contributed by atoms with Crippen LogP contribution in [-0.4, -0.2) is 65.3 Å². The van der Waals surface area contributed by atoms with Gasteiger partial charge >= 0.3 is 0 Å². The van der Waals surface area contributed by atoms with Gasteiger partial charge in [0.15, 0.2) is 6.10 Å². The summed E-state index contributed by atoms with van der Waals surface area (Å²) >= 11 is 4.24. The van der Waals surface area contributed by atoms with Crippen molar-refractivity contribution >= 4 is 54.8 Å². The molecule has 1 atom stereocenters. The van der Waals surface area contributed by atoms with Gasteiger partial charge in [-0.15, -0.1) is 0 Å². The van der Waals surface area contributed by atoms with Crippen molar-refractivity contribution in [2.75, 3.05) is 26.2 Å². The second kappa shape index (κ2) is 15.7. The summed E-state index contributed by atoms with van der Waals surface area (Å²) in [6.07, 6.45) is 2.26. The molecule has 3 fully saturated rings. The van der Waals surface area contributed by atoms with E-state index in [1.165, 1.54) is 11.1 Å². The minimum Gasteiger partial charge on any atom is -0.350 e. The first-order chi connectivity index (χ1) is 18.6. The van der Waals surface area contributed by atoms with E-state index in [1.807, 2.05) is 69.0 Å². The van der Waals surface area contributed by atoms with E-state index in [0.717, 1.165) is 35.1 Å². The van der Waals surface area contributed by atoms with E-state index in [1.54, 1.807) is 4.90 Å². The Morgan fingerprint density at radius 3 is 1.62 bits per heavy atom. The molecular formula is C30H35I2N3O4V. The summed E-state index contributed by atoms with van der Waals surface area (Å²) < 4.78 is 5.46. The number of hydrogen-bond acceptors (Lipinski definition) is 5. The molecular weight excluding hydrogens is 771 g/mol. The van der Waals surface area contributed by atoms with Gasteiger partial charge in [0, 0.05) is 106 Å². The number of nitrogens with zero attached hydrogens (tertiary/aromatic N) is 3. The van der Waals surface area contributed by atoms with E-state index in [-0.39, 0.29) is 47.9 Å². The number of epoxide rings is 1. The molecule has 1 spiro atoms. The Labute approximate surface area is 272 Å². The molecule has 7 nitrogen and oxygen atoms in total. The van der Waals surface area contributed by atoms with Crippen molar-refractivity contribution in [3.8, 4) is 6.07 Å². The van der Waals surface area contributed by atoms with Gasteiger partial charge in [0.1, 0.15) is 11.4 Å². The van der Waals surface area contributed by atoms with Gasteiger partial charge in [-0.2, -0.15) is 5.26 Å². The van der Waals surface area contributed by atoms with E-state index in [4.69, 9.17) is 10.00 Å². The van der Waals surface area contributed by atoms with Crippen molar-refractivity contribution in [2.45, 2.75) is 65.1 Å². The van der Waals surface area contributed by atoms with E-state index in [9.17, 15) is 14.4 Å². The topological polar surface area (TPSA) is 94.0 Å². The van der Waals surface area contributed by atoms with Gasteiger partial charge in [-0.05, 0) is 87.1 Å². The fourth-order valence-corrected chi connectivity index (χ4v) is 4.89. The number of hydrogen-bond donors (Lipinski definition) is 0. The molecule has 2 amide bonds. The summed E-state index contributed by atoms with van der Waals surface area (Å²) in [7, 11) is 0. The zero-order chi connectivity index (χ0) is 28.7. The second-order valence-electron chi connectivity index (χ2n) is 10.4. The summed E-state index contributed by atoms with van der Waals surface area (Å²) in [6, 6.07) is 13.8. The number of carbonyl (C=O) groups is 3. The fourth-order valence-electron chi connectivity index (χ4n) is 4.89. The average molecular weight is 806 g/mol. The van der Waals surface area contributed by atoms with Crippen molar-refractivity contribution in [1.29, 1.82) is 5.26 Å². The van der Waals surface area contributed by atoms with E-state index in [0.29, 0.717) is 39.0 Å². The standard InChI is InChI=1S/C16H18N2O2.C14H17NO2.I2.V/c1-11-3-4-13(9-12(11)2)15(19)18-7-5-16(6-8-18)14(10-17)20-16;1-10-3-4-12(9-11(10)2)14(17)15-7-5-13(16)6-8-15;1-2;/h3-4,9,14H,5-8H2,1-2H3;3-4,9H,5-8H2,1-2H3;;. The maximum atomic E-state index is 12.5. The summed E-state index contributed by atoms with van der Waals surface area (Å²) in [4.78, 5) is 39.4. The summed E-state index contributed by atoms with van der Waals surface area (Å²) in [5.74, 6) is 0.381. The molecule has 2 aromatic carbocycles. The van der Waals surface area contributed by atoms with Crippen LogP contribution in [0.3, 0.4) is 0 Å². The Morgan fingerprint density at radius 1 is 0.825 bits per heavy atom. The van der Waals surface area contributed by atoms with Crippen LogP contribution in [0.25, 0.3) is 0 Å². The molecule has 0 aromatic heterocycles. The van der Waals surface area contributed by atoms with E-state index in [2.05, 4.69) is 43.3 Å². The molecule has 213 valence electrons. The zero-order valence-electron chi connectivity index (χ0n) is 23.4. The third-order valence-corrected chi connectivity index (χ3v) is 7.90. The number of ether oxygens (including phenoxy) is 1. The maximum absolute atomic E-state index is 12.5. The van der Waals surface area contributed by atoms with Gasteiger partial charge < -0.3 is 14.5 Å². The summed E-state index contributed by atoms with van der Waals surface area (Å²) in [5, 5.41) is 8.88. The molecule has 2 aromatic rings. The molecule has 10 heteroatoms. The number of likely N-dealkylation sites (tertiary alicyclic amines) is 2. The molecule has 3 saturated heterocycles. The minimum absolute atomic E-state index is 0. The van der Waals surface area contributed by atoms with Crippen LogP contribution in [0.15, 0.2) is 36.4 Å². The van der Waals surface area contributed by atoms with Gasteiger partial charge in [-0.1, -0.05) is 12.1 Å². The molecule has 3 heterocycles.